The first-order valence-electron chi connectivity index (χ1n) is 16.4. The highest BCUT2D eigenvalue weighted by atomic mass is 32.2. The number of nitrogens with one attached hydrogen (secondary N) is 1. The van der Waals surface area contributed by atoms with Crippen molar-refractivity contribution in [1.29, 1.82) is 5.26 Å². The summed E-state index contributed by atoms with van der Waals surface area (Å²) in [5.74, 6) is 0. The van der Waals surface area contributed by atoms with Gasteiger partial charge in [-0.2, -0.15) is 5.26 Å². The van der Waals surface area contributed by atoms with Crippen LogP contribution in [0.25, 0.3) is 33.5 Å². The standard InChI is InChI=1S/C45H34N4S/c1-32-41-15-9-10-16-44(41)50-49-30-38(29-47-31-48-32)35-23-21-34(22-24-35)37-25-26-42(36-19-17-33(28-46)18-20-36)43(27-37)45(2,39-11-5-3-6-12-39)40-13-7-4-8-14-40/h3-27,29-31,49H,1H2,2H3. The molecule has 6 aromatic carbocycles. The Kier molecular flexibility index (Phi) is 9.37. The zero-order valence-electron chi connectivity index (χ0n) is 27.6. The number of rotatable bonds is 6. The van der Waals surface area contributed by atoms with Crippen molar-refractivity contribution in [1.82, 2.24) is 4.72 Å². The minimum atomic E-state index is -0.466. The molecule has 0 radical (unpaired) electrons. The summed E-state index contributed by atoms with van der Waals surface area (Å²) in [7, 11) is 0. The third kappa shape index (κ3) is 6.58. The number of hydrogen-bond acceptors (Lipinski definition) is 5. The van der Waals surface area contributed by atoms with Crippen molar-refractivity contribution in [3.63, 3.8) is 0 Å². The van der Waals surface area contributed by atoms with Crippen molar-refractivity contribution in [2.45, 2.75) is 17.2 Å². The van der Waals surface area contributed by atoms with Gasteiger partial charge in [-0.15, -0.1) is 0 Å². The lowest BCUT2D eigenvalue weighted by Gasteiger charge is -2.34. The molecule has 0 amide bonds. The number of allylic oxidation sites excluding steroid dienone is 1. The quantitative estimate of drug-likeness (QED) is 0.143. The fourth-order valence-electron chi connectivity index (χ4n) is 6.42. The Hall–Kier alpha value is -6.22. The van der Waals surface area contributed by atoms with E-state index >= 15 is 0 Å². The summed E-state index contributed by atoms with van der Waals surface area (Å²) >= 11 is 1.52. The molecular formula is C45H34N4S. The Morgan fingerprint density at radius 2 is 1.26 bits per heavy atom. The van der Waals surface area contributed by atoms with Crippen LogP contribution in [0.2, 0.25) is 0 Å². The van der Waals surface area contributed by atoms with E-state index in [0.29, 0.717) is 11.3 Å². The second-order valence-electron chi connectivity index (χ2n) is 12.2. The summed E-state index contributed by atoms with van der Waals surface area (Å²) in [5.41, 5.74) is 11.8. The summed E-state index contributed by atoms with van der Waals surface area (Å²) in [5, 5.41) is 9.48. The van der Waals surface area contributed by atoms with Crippen LogP contribution < -0.4 is 4.72 Å². The van der Waals surface area contributed by atoms with Crippen LogP contribution in [-0.4, -0.2) is 12.6 Å². The van der Waals surface area contributed by atoms with E-state index in [1.165, 1.54) is 28.6 Å². The van der Waals surface area contributed by atoms with E-state index in [2.05, 4.69) is 143 Å². The number of nitriles is 1. The monoisotopic (exact) mass is 662 g/mol. The topological polar surface area (TPSA) is 60.5 Å². The van der Waals surface area contributed by atoms with E-state index in [1.807, 2.05) is 54.9 Å². The maximum atomic E-state index is 9.48. The van der Waals surface area contributed by atoms with Crippen LogP contribution in [0.15, 0.2) is 179 Å². The third-order valence-corrected chi connectivity index (χ3v) is 10.0. The zero-order valence-corrected chi connectivity index (χ0v) is 28.4. The number of fused-ring (bicyclic) bond motifs is 1. The van der Waals surface area contributed by atoms with Crippen molar-refractivity contribution in [2.75, 3.05) is 0 Å². The molecule has 0 spiro atoms. The molecule has 1 aliphatic heterocycles. The number of nitrogens with zero attached hydrogens (tertiary/aromatic N) is 3. The molecule has 0 fully saturated rings. The van der Waals surface area contributed by atoms with E-state index in [9.17, 15) is 5.26 Å². The van der Waals surface area contributed by atoms with Gasteiger partial charge in [-0.1, -0.05) is 134 Å². The molecule has 7 rings (SSSR count). The molecule has 0 saturated heterocycles. The van der Waals surface area contributed by atoms with Crippen LogP contribution in [0.4, 0.5) is 0 Å². The highest BCUT2D eigenvalue weighted by molar-refractivity contribution is 7.97. The maximum Gasteiger partial charge on any atom is 0.116 e. The average Bonchev–Trinajstić information content (AvgIpc) is 3.22. The molecule has 5 heteroatoms. The Morgan fingerprint density at radius 3 is 1.94 bits per heavy atom. The van der Waals surface area contributed by atoms with E-state index < -0.39 is 5.41 Å². The van der Waals surface area contributed by atoms with Crippen LogP contribution in [0.3, 0.4) is 0 Å². The van der Waals surface area contributed by atoms with Crippen LogP contribution in [0, 0.1) is 11.3 Å². The van der Waals surface area contributed by atoms with Gasteiger partial charge in [-0.05, 0) is 87.6 Å². The van der Waals surface area contributed by atoms with Crippen molar-refractivity contribution < 1.29 is 0 Å². The molecule has 6 aromatic rings. The largest absolute Gasteiger partial charge is 0.332 e. The summed E-state index contributed by atoms with van der Waals surface area (Å²) in [4.78, 5) is 9.97. The molecule has 1 aliphatic rings. The normalized spacial score (nSPS) is 13.0. The minimum absolute atomic E-state index is 0.466. The van der Waals surface area contributed by atoms with E-state index in [0.717, 1.165) is 43.8 Å². The predicted molar refractivity (Wildman–Crippen MR) is 210 cm³/mol. The maximum absolute atomic E-state index is 9.48. The first-order chi connectivity index (χ1) is 24.5. The van der Waals surface area contributed by atoms with Gasteiger partial charge in [-0.25, -0.2) is 9.98 Å². The van der Waals surface area contributed by atoms with E-state index in [-0.39, 0.29) is 0 Å². The van der Waals surface area contributed by atoms with Gasteiger partial charge in [-0.3, -0.25) is 0 Å². The lowest BCUT2D eigenvalue weighted by molar-refractivity contribution is 0.695. The van der Waals surface area contributed by atoms with Gasteiger partial charge < -0.3 is 4.72 Å². The van der Waals surface area contributed by atoms with Gasteiger partial charge in [0.1, 0.15) is 6.34 Å². The molecule has 50 heavy (non-hydrogen) atoms. The predicted octanol–water partition coefficient (Wildman–Crippen LogP) is 11.0. The van der Waals surface area contributed by atoms with Gasteiger partial charge >= 0.3 is 0 Å². The molecule has 1 heterocycles. The molecule has 0 aromatic heterocycles. The van der Waals surface area contributed by atoms with Crippen LogP contribution in [0.5, 0.6) is 0 Å². The molecule has 0 bridgehead atoms. The fraction of sp³-hybridized carbons (Fsp3) is 0.0444. The van der Waals surface area contributed by atoms with Gasteiger partial charge in [0.15, 0.2) is 0 Å². The molecule has 4 nitrogen and oxygen atoms in total. The Balaban J connectivity index is 1.30. The molecule has 0 atom stereocenters. The summed E-state index contributed by atoms with van der Waals surface area (Å²) in [6.45, 7) is 6.43. The average molecular weight is 663 g/mol. The molecular weight excluding hydrogens is 629 g/mol. The molecule has 0 unspecified atom stereocenters. The fourth-order valence-corrected chi connectivity index (χ4v) is 7.18. The smallest absolute Gasteiger partial charge is 0.116 e. The number of hydrogen-bond donors (Lipinski definition) is 1. The van der Waals surface area contributed by atoms with E-state index in [1.54, 1.807) is 6.34 Å². The highest BCUT2D eigenvalue weighted by Crippen LogP contribution is 2.45. The first-order valence-corrected chi connectivity index (χ1v) is 17.2. The van der Waals surface area contributed by atoms with Gasteiger partial charge in [0.25, 0.3) is 0 Å². The van der Waals surface area contributed by atoms with Crippen molar-refractivity contribution in [3.05, 3.63) is 198 Å². The Labute approximate surface area is 298 Å². The number of aliphatic imine (C=N–C) groups is 2. The van der Waals surface area contributed by atoms with Gasteiger partial charge in [0.2, 0.25) is 0 Å². The van der Waals surface area contributed by atoms with Crippen molar-refractivity contribution in [2.24, 2.45) is 9.98 Å². The number of benzene rings is 6. The zero-order chi connectivity index (χ0) is 34.3. The third-order valence-electron chi connectivity index (χ3n) is 9.21. The van der Waals surface area contributed by atoms with Crippen molar-refractivity contribution >= 4 is 35.8 Å². The molecule has 0 saturated carbocycles. The highest BCUT2D eigenvalue weighted by Gasteiger charge is 2.33. The summed E-state index contributed by atoms with van der Waals surface area (Å²) in [6.07, 6.45) is 5.33. The molecule has 0 aliphatic carbocycles. The Morgan fingerprint density at radius 1 is 0.660 bits per heavy atom. The molecule has 1 N–H and O–H groups in total. The summed E-state index contributed by atoms with van der Waals surface area (Å²) in [6, 6.07) is 54.9. The second-order valence-corrected chi connectivity index (χ2v) is 13.0. The second kappa shape index (κ2) is 14.5. The van der Waals surface area contributed by atoms with Crippen LogP contribution in [-0.2, 0) is 5.41 Å². The van der Waals surface area contributed by atoms with Gasteiger partial charge in [0, 0.05) is 33.9 Å². The SMILES string of the molecule is C=C1N=CN=CC(c2ccc(-c3ccc(-c4ccc(C#N)cc4)c(C(C)(c4ccccc4)c4ccccc4)c3)cc2)=CNSc2ccccc21. The van der Waals surface area contributed by atoms with Crippen LogP contribution >= 0.6 is 11.9 Å². The lowest BCUT2D eigenvalue weighted by Crippen LogP contribution is -2.26. The first kappa shape index (κ1) is 32.3. The lowest BCUT2D eigenvalue weighted by atomic mass is 9.68. The van der Waals surface area contributed by atoms with Crippen molar-refractivity contribution in [3.8, 4) is 28.3 Å². The Bertz CT molecular complexity index is 2240. The minimum Gasteiger partial charge on any atom is -0.332 e. The van der Waals surface area contributed by atoms with Crippen LogP contribution in [0.1, 0.15) is 40.3 Å². The molecule has 240 valence electrons. The van der Waals surface area contributed by atoms with E-state index in [4.69, 9.17) is 0 Å². The van der Waals surface area contributed by atoms with Gasteiger partial charge in [0.05, 0.1) is 17.3 Å². The summed E-state index contributed by atoms with van der Waals surface area (Å²) < 4.78 is 3.39.